The summed E-state index contributed by atoms with van der Waals surface area (Å²) in [6.07, 6.45) is 0.463. The molecule has 1 aromatic heterocycles. The lowest BCUT2D eigenvalue weighted by Gasteiger charge is -2.49. The van der Waals surface area contributed by atoms with Gasteiger partial charge >= 0.3 is 0 Å². The van der Waals surface area contributed by atoms with Crippen LogP contribution in [0.25, 0.3) is 10.9 Å². The van der Waals surface area contributed by atoms with E-state index in [2.05, 4.69) is 4.98 Å². The van der Waals surface area contributed by atoms with Crippen LogP contribution in [-0.2, 0) is 4.74 Å². The number of aliphatic hydroxyl groups is 1. The maximum Gasteiger partial charge on any atom is 0.272 e. The van der Waals surface area contributed by atoms with Crippen molar-refractivity contribution in [3.05, 3.63) is 36.0 Å². The van der Waals surface area contributed by atoms with Crippen molar-refractivity contribution < 1.29 is 19.4 Å². The molecule has 1 saturated heterocycles. The number of ether oxygens (including phenoxy) is 2. The second kappa shape index (κ2) is 6.85. The number of carbonyl (C=O) groups is 1. The highest BCUT2D eigenvalue weighted by molar-refractivity contribution is 5.97. The zero-order chi connectivity index (χ0) is 18.9. The van der Waals surface area contributed by atoms with Crippen LogP contribution in [0.15, 0.2) is 30.3 Å². The van der Waals surface area contributed by atoms with Gasteiger partial charge in [-0.2, -0.15) is 0 Å². The molecule has 2 aromatic rings. The molecule has 6 heteroatoms. The van der Waals surface area contributed by atoms with Crippen molar-refractivity contribution in [3.8, 4) is 5.75 Å². The fourth-order valence-corrected chi connectivity index (χ4v) is 3.63. The summed E-state index contributed by atoms with van der Waals surface area (Å²) >= 11 is 0. The Hall–Kier alpha value is -2.18. The van der Waals surface area contributed by atoms with Gasteiger partial charge in [0, 0.05) is 37.1 Å². The number of hydrogen-bond donors (Lipinski definition) is 1. The number of aromatic nitrogens is 1. The van der Waals surface area contributed by atoms with Gasteiger partial charge in [0.1, 0.15) is 11.4 Å². The number of methoxy groups -OCH3 is 2. The molecule has 1 aromatic carbocycles. The van der Waals surface area contributed by atoms with Gasteiger partial charge in [0.25, 0.3) is 5.91 Å². The summed E-state index contributed by atoms with van der Waals surface area (Å²) in [5.41, 5.74) is -0.360. The van der Waals surface area contributed by atoms with Crippen LogP contribution < -0.4 is 4.74 Å². The second-order valence-corrected chi connectivity index (χ2v) is 7.55. The summed E-state index contributed by atoms with van der Waals surface area (Å²) in [6.45, 7) is 5.06. The molecule has 2 heterocycles. The zero-order valence-corrected chi connectivity index (χ0v) is 15.8. The molecule has 0 spiro atoms. The molecule has 0 radical (unpaired) electrons. The van der Waals surface area contributed by atoms with E-state index >= 15 is 0 Å². The minimum atomic E-state index is -0.951. The number of carbonyl (C=O) groups excluding carboxylic acids is 1. The molecule has 6 nitrogen and oxygen atoms in total. The van der Waals surface area contributed by atoms with Crippen LogP contribution in [0.2, 0.25) is 0 Å². The lowest BCUT2D eigenvalue weighted by Crippen LogP contribution is -2.60. The molecule has 0 unspecified atom stereocenters. The molecule has 140 valence electrons. The average molecular weight is 358 g/mol. The van der Waals surface area contributed by atoms with E-state index in [0.717, 1.165) is 10.9 Å². The molecule has 1 aliphatic rings. The average Bonchev–Trinajstić information content (AvgIpc) is 2.62. The third-order valence-electron chi connectivity index (χ3n) is 5.43. The number of pyridine rings is 1. The van der Waals surface area contributed by atoms with Crippen LogP contribution in [0, 0.1) is 5.41 Å². The monoisotopic (exact) mass is 358 g/mol. The number of likely N-dealkylation sites (tertiary alicyclic amines) is 1. The van der Waals surface area contributed by atoms with Gasteiger partial charge in [-0.3, -0.25) is 4.79 Å². The molecular weight excluding hydrogens is 332 g/mol. The molecular formula is C20H26N2O4. The first-order valence-corrected chi connectivity index (χ1v) is 8.76. The summed E-state index contributed by atoms with van der Waals surface area (Å²) < 4.78 is 10.6. The predicted octanol–water partition coefficient (Wildman–Crippen LogP) is 2.49. The van der Waals surface area contributed by atoms with Crippen LogP contribution in [-0.4, -0.2) is 60.4 Å². The Kier molecular flexibility index (Phi) is 4.90. The van der Waals surface area contributed by atoms with Crippen molar-refractivity contribution in [1.82, 2.24) is 9.88 Å². The number of rotatable bonds is 4. The van der Waals surface area contributed by atoms with Gasteiger partial charge in [0.2, 0.25) is 0 Å². The lowest BCUT2D eigenvalue weighted by atomic mass is 9.70. The van der Waals surface area contributed by atoms with E-state index in [1.54, 1.807) is 25.2 Å². The number of para-hydroxylation sites is 1. The Labute approximate surface area is 153 Å². The summed E-state index contributed by atoms with van der Waals surface area (Å²) in [5.74, 6) is 0.479. The van der Waals surface area contributed by atoms with E-state index in [9.17, 15) is 9.90 Å². The minimum Gasteiger partial charge on any atom is -0.496 e. The van der Waals surface area contributed by atoms with E-state index in [1.165, 1.54) is 0 Å². The third kappa shape index (κ3) is 3.15. The van der Waals surface area contributed by atoms with Crippen molar-refractivity contribution in [2.45, 2.75) is 25.9 Å². The Morgan fingerprint density at radius 3 is 2.69 bits per heavy atom. The zero-order valence-electron chi connectivity index (χ0n) is 15.8. The summed E-state index contributed by atoms with van der Waals surface area (Å²) in [5, 5.41) is 11.8. The standard InChI is InChI=1S/C20H26N2O4/c1-19(2)12-22(10-9-20(19,24)13-25-3)18(23)16-11-17(26-4)14-7-5-6-8-15(14)21-16/h5-8,11,24H,9-10,12-13H2,1-4H3/t20-/m1/s1. The van der Waals surface area contributed by atoms with Crippen molar-refractivity contribution in [3.63, 3.8) is 0 Å². The van der Waals surface area contributed by atoms with Crippen LogP contribution in [0.1, 0.15) is 30.8 Å². The van der Waals surface area contributed by atoms with Gasteiger partial charge in [-0.1, -0.05) is 26.0 Å². The van der Waals surface area contributed by atoms with E-state index in [0.29, 0.717) is 31.0 Å². The Morgan fingerprint density at radius 2 is 2.04 bits per heavy atom. The smallest absolute Gasteiger partial charge is 0.272 e. The van der Waals surface area contributed by atoms with E-state index in [-0.39, 0.29) is 12.5 Å². The first-order chi connectivity index (χ1) is 12.3. The first kappa shape index (κ1) is 18.6. The molecule has 0 aliphatic carbocycles. The highest BCUT2D eigenvalue weighted by Gasteiger charge is 2.48. The van der Waals surface area contributed by atoms with Crippen LogP contribution in [0.5, 0.6) is 5.75 Å². The van der Waals surface area contributed by atoms with Gasteiger partial charge in [0.05, 0.1) is 24.8 Å². The maximum atomic E-state index is 13.1. The Morgan fingerprint density at radius 1 is 1.31 bits per heavy atom. The molecule has 1 atom stereocenters. The molecule has 1 fully saturated rings. The van der Waals surface area contributed by atoms with Crippen molar-refractivity contribution >= 4 is 16.8 Å². The third-order valence-corrected chi connectivity index (χ3v) is 5.43. The van der Waals surface area contributed by atoms with Crippen LogP contribution >= 0.6 is 0 Å². The predicted molar refractivity (Wildman–Crippen MR) is 99.4 cm³/mol. The number of piperidine rings is 1. The summed E-state index contributed by atoms with van der Waals surface area (Å²) in [7, 11) is 3.17. The number of nitrogens with zero attached hydrogens (tertiary/aromatic N) is 2. The van der Waals surface area contributed by atoms with E-state index in [4.69, 9.17) is 9.47 Å². The van der Waals surface area contributed by atoms with Gasteiger partial charge in [-0.15, -0.1) is 0 Å². The van der Waals surface area contributed by atoms with Gasteiger partial charge in [0.15, 0.2) is 0 Å². The van der Waals surface area contributed by atoms with Crippen molar-refractivity contribution in [2.24, 2.45) is 5.41 Å². The quantitative estimate of drug-likeness (QED) is 0.909. The number of amides is 1. The topological polar surface area (TPSA) is 71.9 Å². The molecule has 1 N–H and O–H groups in total. The molecule has 0 saturated carbocycles. The van der Waals surface area contributed by atoms with Crippen LogP contribution in [0.3, 0.4) is 0 Å². The number of fused-ring (bicyclic) bond motifs is 1. The van der Waals surface area contributed by atoms with Crippen molar-refractivity contribution in [2.75, 3.05) is 33.9 Å². The Balaban J connectivity index is 1.90. The minimum absolute atomic E-state index is 0.151. The fraction of sp³-hybridized carbons (Fsp3) is 0.500. The van der Waals surface area contributed by atoms with Gasteiger partial charge < -0.3 is 19.5 Å². The molecule has 26 heavy (non-hydrogen) atoms. The molecule has 3 rings (SSSR count). The van der Waals surface area contributed by atoms with Gasteiger partial charge in [-0.25, -0.2) is 4.98 Å². The van der Waals surface area contributed by atoms with Gasteiger partial charge in [-0.05, 0) is 18.6 Å². The Bertz CT molecular complexity index is 821. The largest absolute Gasteiger partial charge is 0.496 e. The van der Waals surface area contributed by atoms with Crippen LogP contribution in [0.4, 0.5) is 0 Å². The van der Waals surface area contributed by atoms with Crippen molar-refractivity contribution in [1.29, 1.82) is 0 Å². The first-order valence-electron chi connectivity index (χ1n) is 8.76. The fourth-order valence-electron chi connectivity index (χ4n) is 3.63. The maximum absolute atomic E-state index is 13.1. The molecule has 0 bridgehead atoms. The van der Waals surface area contributed by atoms with E-state index < -0.39 is 11.0 Å². The lowest BCUT2D eigenvalue weighted by molar-refractivity contribution is -0.144. The normalized spacial score (nSPS) is 22.4. The summed E-state index contributed by atoms with van der Waals surface area (Å²) in [4.78, 5) is 19.3. The molecule has 1 aliphatic heterocycles. The SMILES string of the molecule is COC[C@]1(O)CCN(C(=O)c2cc(OC)c3ccccc3n2)CC1(C)C. The number of hydrogen-bond acceptors (Lipinski definition) is 5. The number of benzene rings is 1. The van der Waals surface area contributed by atoms with E-state index in [1.807, 2.05) is 38.1 Å². The summed E-state index contributed by atoms with van der Waals surface area (Å²) in [6, 6.07) is 9.28. The highest BCUT2D eigenvalue weighted by Crippen LogP contribution is 2.39. The molecule has 1 amide bonds. The highest BCUT2D eigenvalue weighted by atomic mass is 16.5. The second-order valence-electron chi connectivity index (χ2n) is 7.55.